The largest absolute Gasteiger partial charge is 0.362 e. The van der Waals surface area contributed by atoms with Gasteiger partial charge in [-0.25, -0.2) is 0 Å². The Hall–Kier alpha value is -0.810. The van der Waals surface area contributed by atoms with Crippen LogP contribution in [-0.4, -0.2) is 30.2 Å². The van der Waals surface area contributed by atoms with Crippen LogP contribution in [-0.2, 0) is 10.0 Å². The van der Waals surface area contributed by atoms with Crippen molar-refractivity contribution in [1.29, 1.82) is 0 Å². The minimum atomic E-state index is -3.13. The topological polar surface area (TPSA) is 37.1 Å². The van der Waals surface area contributed by atoms with Crippen molar-refractivity contribution in [3.05, 3.63) is 35.3 Å². The molecule has 0 aromatic heterocycles. The van der Waals surface area contributed by atoms with Gasteiger partial charge in [-0.1, -0.05) is 18.2 Å². The summed E-state index contributed by atoms with van der Waals surface area (Å²) in [5.74, 6) is 0.484. The summed E-state index contributed by atoms with van der Waals surface area (Å²) < 4.78 is 24.2. The maximum atomic E-state index is 11.4. The summed E-state index contributed by atoms with van der Waals surface area (Å²) in [5.41, 5.74) is 0.780. The molecule has 1 heterocycles. The first-order valence-corrected chi connectivity index (χ1v) is 6.95. The molecule has 1 aliphatic carbocycles. The van der Waals surface area contributed by atoms with E-state index in [9.17, 15) is 8.42 Å². The summed E-state index contributed by atoms with van der Waals surface area (Å²) in [5, 5.41) is 0. The molecule has 0 N–H and O–H groups in total. The van der Waals surface area contributed by atoms with Gasteiger partial charge in [0, 0.05) is 6.08 Å². The fourth-order valence-corrected chi connectivity index (χ4v) is 3.72. The number of rotatable bonds is 1. The average molecular weight is 228 g/mol. The predicted octanol–water partition coefficient (Wildman–Crippen LogP) is 1.11. The van der Waals surface area contributed by atoms with Gasteiger partial charge < -0.3 is 0 Å². The molecule has 0 spiro atoms. The predicted molar refractivity (Wildman–Crippen MR) is 58.9 cm³/mol. The summed E-state index contributed by atoms with van der Waals surface area (Å²) in [4.78, 5) is 1.01. The molecule has 0 atom stereocenters. The highest BCUT2D eigenvalue weighted by Crippen LogP contribution is 2.27. The zero-order valence-electron chi connectivity index (χ0n) is 7.67. The molecule has 1 aliphatic heterocycles. The molecule has 0 unspecified atom stereocenters. The highest BCUT2D eigenvalue weighted by molar-refractivity contribution is 8.04. The van der Waals surface area contributed by atoms with Crippen LogP contribution in [0.1, 0.15) is 0 Å². The van der Waals surface area contributed by atoms with Crippen molar-refractivity contribution in [2.24, 2.45) is 0 Å². The summed E-state index contributed by atoms with van der Waals surface area (Å²) in [6.07, 6.45) is 10.6. The van der Waals surface area contributed by atoms with E-state index in [1.807, 2.05) is 30.4 Å². The molecule has 2 aliphatic rings. The Labute approximate surface area is 87.6 Å². The Morgan fingerprint density at radius 2 is 2.14 bits per heavy atom. The summed E-state index contributed by atoms with van der Waals surface area (Å²) in [6, 6.07) is 0. The van der Waals surface area contributed by atoms with E-state index in [0.717, 1.165) is 10.6 Å². The van der Waals surface area contributed by atoms with E-state index in [-0.39, 0.29) is 0 Å². The Kier molecular flexibility index (Phi) is 2.36. The van der Waals surface area contributed by atoms with Gasteiger partial charge in [0.1, 0.15) is 0 Å². The first-order chi connectivity index (χ1) is 6.59. The number of hydrogen-bond acceptors (Lipinski definition) is 3. The number of nitrogens with zero attached hydrogens (tertiary/aromatic N) is 1. The lowest BCUT2D eigenvalue weighted by atomic mass is 10.3. The first-order valence-electron chi connectivity index (χ1n) is 4.12. The minimum Gasteiger partial charge on any atom is -0.164 e. The van der Waals surface area contributed by atoms with Crippen LogP contribution in [0.25, 0.3) is 0 Å². The number of allylic oxidation sites excluding steroid dienone is 6. The van der Waals surface area contributed by atoms with Gasteiger partial charge in [0.2, 0.25) is 11.6 Å². The van der Waals surface area contributed by atoms with Gasteiger partial charge in [-0.15, -0.1) is 3.98 Å². The Bertz CT molecular complexity index is 481. The highest BCUT2D eigenvalue weighted by Gasteiger charge is 2.33. The third-order valence-electron chi connectivity index (χ3n) is 1.98. The average Bonchev–Trinajstić information content (AvgIpc) is 2.36. The van der Waals surface area contributed by atoms with Gasteiger partial charge in [0.15, 0.2) is 0 Å². The standard InChI is InChI=1S/C9H10NO2S2/c1-14(11,12)10-7-13-9-6-4-2-3-5-8(9)10/h2-6H,7H2,1H3/q+1. The van der Waals surface area contributed by atoms with Gasteiger partial charge in [0.25, 0.3) is 0 Å². The van der Waals surface area contributed by atoms with Crippen molar-refractivity contribution in [2.45, 2.75) is 0 Å². The molecular weight excluding hydrogens is 218 g/mol. The second-order valence-electron chi connectivity index (χ2n) is 3.05. The molecular formula is C9H10NO2S2+. The Morgan fingerprint density at radius 3 is 2.86 bits per heavy atom. The SMILES string of the molecule is CS(=O)(=O)[N+]1=C2C=CC=CC=C2SC1. The molecule has 2 rings (SSSR count). The van der Waals surface area contributed by atoms with E-state index in [1.165, 1.54) is 10.2 Å². The molecule has 0 fully saturated rings. The minimum absolute atomic E-state index is 0.484. The van der Waals surface area contributed by atoms with Crippen molar-refractivity contribution in [3.63, 3.8) is 0 Å². The van der Waals surface area contributed by atoms with Crippen molar-refractivity contribution in [2.75, 3.05) is 12.1 Å². The van der Waals surface area contributed by atoms with E-state index in [2.05, 4.69) is 0 Å². The summed E-state index contributed by atoms with van der Waals surface area (Å²) in [6.45, 7) is 0. The van der Waals surface area contributed by atoms with Crippen LogP contribution in [0, 0.1) is 0 Å². The van der Waals surface area contributed by atoms with Crippen LogP contribution in [0.15, 0.2) is 35.3 Å². The van der Waals surface area contributed by atoms with Crippen LogP contribution in [0.5, 0.6) is 0 Å². The lowest BCUT2D eigenvalue weighted by Crippen LogP contribution is -2.21. The normalized spacial score (nSPS) is 20.8. The van der Waals surface area contributed by atoms with Crippen LogP contribution in [0.3, 0.4) is 0 Å². The quantitative estimate of drug-likeness (QED) is 0.631. The lowest BCUT2D eigenvalue weighted by Gasteiger charge is -1.92. The molecule has 14 heavy (non-hydrogen) atoms. The number of fused-ring (bicyclic) bond motifs is 1. The summed E-state index contributed by atoms with van der Waals surface area (Å²) in [7, 11) is -3.13. The van der Waals surface area contributed by atoms with Crippen LogP contribution >= 0.6 is 11.8 Å². The Morgan fingerprint density at radius 1 is 1.36 bits per heavy atom. The van der Waals surface area contributed by atoms with Gasteiger partial charge >= 0.3 is 10.0 Å². The molecule has 0 aromatic rings. The zero-order valence-corrected chi connectivity index (χ0v) is 9.31. The van der Waals surface area contributed by atoms with E-state index in [0.29, 0.717) is 5.88 Å². The van der Waals surface area contributed by atoms with Crippen LogP contribution in [0.4, 0.5) is 0 Å². The summed E-state index contributed by atoms with van der Waals surface area (Å²) >= 11 is 1.54. The maximum absolute atomic E-state index is 11.4. The molecule has 0 saturated carbocycles. The second kappa shape index (κ2) is 3.40. The van der Waals surface area contributed by atoms with Crippen LogP contribution in [0.2, 0.25) is 0 Å². The third kappa shape index (κ3) is 1.69. The molecule has 5 heteroatoms. The molecule has 0 bridgehead atoms. The molecule has 0 aromatic carbocycles. The highest BCUT2D eigenvalue weighted by atomic mass is 32.2. The maximum Gasteiger partial charge on any atom is 0.362 e. The van der Waals surface area contributed by atoms with E-state index in [1.54, 1.807) is 11.8 Å². The van der Waals surface area contributed by atoms with Crippen LogP contribution < -0.4 is 0 Å². The van der Waals surface area contributed by atoms with Gasteiger partial charge in [-0.3, -0.25) is 0 Å². The third-order valence-corrected chi connectivity index (χ3v) is 4.32. The fraction of sp³-hybridized carbons (Fsp3) is 0.222. The number of sulfonamides is 1. The smallest absolute Gasteiger partial charge is 0.164 e. The number of thioether (sulfide) groups is 1. The van der Waals surface area contributed by atoms with E-state index in [4.69, 9.17) is 0 Å². The van der Waals surface area contributed by atoms with E-state index < -0.39 is 10.0 Å². The van der Waals surface area contributed by atoms with Crippen molar-refractivity contribution in [1.82, 2.24) is 0 Å². The van der Waals surface area contributed by atoms with E-state index >= 15 is 0 Å². The first kappa shape index (κ1) is 9.73. The van der Waals surface area contributed by atoms with Crippen molar-refractivity contribution < 1.29 is 12.4 Å². The van der Waals surface area contributed by atoms with Gasteiger partial charge in [-0.05, 0) is 17.8 Å². The molecule has 0 saturated heterocycles. The number of hydrogen-bond donors (Lipinski definition) is 0. The van der Waals surface area contributed by atoms with Gasteiger partial charge in [0.05, 0.1) is 11.2 Å². The van der Waals surface area contributed by atoms with Gasteiger partial charge in [-0.2, -0.15) is 8.42 Å². The second-order valence-corrected chi connectivity index (χ2v) is 5.94. The zero-order chi connectivity index (χ0) is 10.2. The van der Waals surface area contributed by atoms with Crippen molar-refractivity contribution in [3.8, 4) is 0 Å². The molecule has 3 nitrogen and oxygen atoms in total. The Balaban J connectivity index is 2.59. The molecule has 0 radical (unpaired) electrons. The monoisotopic (exact) mass is 228 g/mol. The molecule has 74 valence electrons. The lowest BCUT2D eigenvalue weighted by molar-refractivity contribution is -0.333. The fourth-order valence-electron chi connectivity index (χ4n) is 1.32. The molecule has 0 amide bonds. The van der Waals surface area contributed by atoms with Crippen molar-refractivity contribution >= 4 is 27.5 Å².